The number of thioether (sulfide) groups is 1. The molecular formula is C8H15N3OS. The molecule has 0 aromatic carbocycles. The summed E-state index contributed by atoms with van der Waals surface area (Å²) in [6.45, 7) is 2.75. The predicted molar refractivity (Wildman–Crippen MR) is 53.5 cm³/mol. The fraction of sp³-hybridized carbons (Fsp3) is 0.750. The maximum atomic E-state index is 5.37. The molecule has 0 saturated heterocycles. The molecule has 0 fully saturated rings. The van der Waals surface area contributed by atoms with Gasteiger partial charge in [-0.1, -0.05) is 12.1 Å². The number of aromatic nitrogens is 2. The van der Waals surface area contributed by atoms with E-state index < -0.39 is 0 Å². The number of hydrogen-bond acceptors (Lipinski definition) is 5. The monoisotopic (exact) mass is 201 g/mol. The molecule has 0 aliphatic heterocycles. The van der Waals surface area contributed by atoms with Crippen molar-refractivity contribution >= 4 is 11.8 Å². The molecule has 1 aromatic rings. The zero-order chi connectivity index (χ0) is 9.52. The van der Waals surface area contributed by atoms with Gasteiger partial charge in [0.15, 0.2) is 5.82 Å². The molecule has 0 spiro atoms. The van der Waals surface area contributed by atoms with Gasteiger partial charge in [-0.25, -0.2) is 0 Å². The molecule has 74 valence electrons. The topological polar surface area (TPSA) is 64.9 Å². The number of hydrogen-bond donors (Lipinski definition) is 1. The van der Waals surface area contributed by atoms with Crippen molar-refractivity contribution in [1.29, 1.82) is 0 Å². The predicted octanol–water partition coefficient (Wildman–Crippen LogP) is 1.21. The van der Waals surface area contributed by atoms with E-state index in [4.69, 9.17) is 10.3 Å². The van der Waals surface area contributed by atoms with Gasteiger partial charge in [0.05, 0.1) is 5.75 Å². The van der Waals surface area contributed by atoms with Crippen molar-refractivity contribution in [3.8, 4) is 0 Å². The largest absolute Gasteiger partial charge is 0.339 e. The molecule has 1 heterocycles. The molecule has 0 atom stereocenters. The highest BCUT2D eigenvalue weighted by Crippen LogP contribution is 2.10. The van der Waals surface area contributed by atoms with Crippen LogP contribution in [0.1, 0.15) is 25.1 Å². The van der Waals surface area contributed by atoms with E-state index in [-0.39, 0.29) is 0 Å². The Morgan fingerprint density at radius 2 is 2.38 bits per heavy atom. The van der Waals surface area contributed by atoms with E-state index >= 15 is 0 Å². The zero-order valence-corrected chi connectivity index (χ0v) is 8.64. The minimum Gasteiger partial charge on any atom is -0.339 e. The molecule has 0 saturated carbocycles. The van der Waals surface area contributed by atoms with Crippen molar-refractivity contribution in [2.24, 2.45) is 5.73 Å². The second-order valence-corrected chi connectivity index (χ2v) is 3.76. The van der Waals surface area contributed by atoms with E-state index in [1.165, 1.54) is 0 Å². The van der Waals surface area contributed by atoms with Crippen LogP contribution in [0.2, 0.25) is 0 Å². The fourth-order valence-corrected chi connectivity index (χ4v) is 1.66. The van der Waals surface area contributed by atoms with E-state index in [2.05, 4.69) is 10.1 Å². The number of nitrogens with two attached hydrogens (primary N) is 1. The van der Waals surface area contributed by atoms with Gasteiger partial charge in [0.2, 0.25) is 5.89 Å². The fourth-order valence-electron chi connectivity index (χ4n) is 0.841. The Hall–Kier alpha value is -0.550. The summed E-state index contributed by atoms with van der Waals surface area (Å²) in [4.78, 5) is 4.20. The Kier molecular flexibility index (Phi) is 4.85. The molecular weight excluding hydrogens is 186 g/mol. The average Bonchev–Trinajstić information content (AvgIpc) is 2.60. The van der Waals surface area contributed by atoms with Crippen LogP contribution in [0.3, 0.4) is 0 Å². The Morgan fingerprint density at radius 1 is 1.54 bits per heavy atom. The highest BCUT2D eigenvalue weighted by Gasteiger charge is 2.03. The van der Waals surface area contributed by atoms with Crippen LogP contribution in [0, 0.1) is 0 Å². The summed E-state index contributed by atoms with van der Waals surface area (Å²) >= 11 is 1.79. The van der Waals surface area contributed by atoms with Crippen molar-refractivity contribution in [3.05, 3.63) is 11.7 Å². The van der Waals surface area contributed by atoms with Gasteiger partial charge in [0.1, 0.15) is 0 Å². The lowest BCUT2D eigenvalue weighted by molar-refractivity contribution is 0.378. The molecule has 0 unspecified atom stereocenters. The van der Waals surface area contributed by atoms with Crippen LogP contribution in [0.15, 0.2) is 4.52 Å². The molecule has 0 radical (unpaired) electrons. The van der Waals surface area contributed by atoms with Gasteiger partial charge in [-0.15, -0.1) is 0 Å². The molecule has 4 nitrogen and oxygen atoms in total. The normalized spacial score (nSPS) is 10.6. The lowest BCUT2D eigenvalue weighted by Gasteiger charge is -1.94. The van der Waals surface area contributed by atoms with Crippen LogP contribution in [-0.2, 0) is 12.2 Å². The van der Waals surface area contributed by atoms with Crippen molar-refractivity contribution in [2.45, 2.75) is 25.5 Å². The van der Waals surface area contributed by atoms with Crippen molar-refractivity contribution in [3.63, 3.8) is 0 Å². The Balaban J connectivity index is 2.20. The maximum Gasteiger partial charge on any atom is 0.226 e. The first-order valence-corrected chi connectivity index (χ1v) is 5.61. The summed E-state index contributed by atoms with van der Waals surface area (Å²) < 4.78 is 4.97. The smallest absolute Gasteiger partial charge is 0.226 e. The Bertz CT molecular complexity index is 239. The highest BCUT2D eigenvalue weighted by molar-refractivity contribution is 7.98. The highest BCUT2D eigenvalue weighted by atomic mass is 32.2. The summed E-state index contributed by atoms with van der Waals surface area (Å²) in [5.74, 6) is 3.39. The minimum atomic E-state index is 0.717. The van der Waals surface area contributed by atoms with E-state index in [0.29, 0.717) is 0 Å². The molecule has 0 aliphatic rings. The third-order valence-corrected chi connectivity index (χ3v) is 2.58. The Labute approximate surface area is 82.3 Å². The van der Waals surface area contributed by atoms with Crippen LogP contribution in [0.25, 0.3) is 0 Å². The van der Waals surface area contributed by atoms with Gasteiger partial charge in [0, 0.05) is 6.42 Å². The van der Waals surface area contributed by atoms with Crippen LogP contribution < -0.4 is 5.73 Å². The molecule has 0 amide bonds. The van der Waals surface area contributed by atoms with Crippen LogP contribution in [0.4, 0.5) is 0 Å². The van der Waals surface area contributed by atoms with Crippen LogP contribution in [-0.4, -0.2) is 22.4 Å². The molecule has 5 heteroatoms. The zero-order valence-electron chi connectivity index (χ0n) is 7.82. The lowest BCUT2D eigenvalue weighted by atomic mass is 10.5. The van der Waals surface area contributed by atoms with E-state index in [1.807, 2.05) is 6.92 Å². The van der Waals surface area contributed by atoms with Gasteiger partial charge in [-0.3, -0.25) is 0 Å². The third-order valence-electron chi connectivity index (χ3n) is 1.54. The van der Waals surface area contributed by atoms with Crippen LogP contribution in [0.5, 0.6) is 0 Å². The average molecular weight is 201 g/mol. The first-order valence-electron chi connectivity index (χ1n) is 4.46. The van der Waals surface area contributed by atoms with E-state index in [0.717, 1.165) is 42.6 Å². The van der Waals surface area contributed by atoms with Gasteiger partial charge >= 0.3 is 0 Å². The molecule has 0 aliphatic carbocycles. The summed E-state index contributed by atoms with van der Waals surface area (Å²) in [7, 11) is 0. The van der Waals surface area contributed by atoms with Crippen molar-refractivity contribution in [1.82, 2.24) is 10.1 Å². The quantitative estimate of drug-likeness (QED) is 0.701. The summed E-state index contributed by atoms with van der Waals surface area (Å²) in [5, 5.41) is 3.85. The molecule has 1 aromatic heterocycles. The standard InChI is InChI=1S/C8H15N3OS/c1-2-8-10-7(11-12-8)6-13-5-3-4-9/h2-6,9H2,1H3. The van der Waals surface area contributed by atoms with Gasteiger partial charge < -0.3 is 10.3 Å². The van der Waals surface area contributed by atoms with E-state index in [1.54, 1.807) is 11.8 Å². The van der Waals surface area contributed by atoms with Crippen molar-refractivity contribution in [2.75, 3.05) is 12.3 Å². The van der Waals surface area contributed by atoms with Gasteiger partial charge in [-0.2, -0.15) is 16.7 Å². The summed E-state index contributed by atoms with van der Waals surface area (Å²) in [5.41, 5.74) is 5.37. The number of rotatable bonds is 6. The summed E-state index contributed by atoms with van der Waals surface area (Å²) in [6.07, 6.45) is 1.85. The first-order chi connectivity index (χ1) is 6.36. The molecule has 0 bridgehead atoms. The second-order valence-electron chi connectivity index (χ2n) is 2.65. The van der Waals surface area contributed by atoms with Gasteiger partial charge in [-0.05, 0) is 18.7 Å². The maximum absolute atomic E-state index is 5.37. The van der Waals surface area contributed by atoms with Crippen LogP contribution >= 0.6 is 11.8 Å². The molecule has 13 heavy (non-hydrogen) atoms. The third kappa shape index (κ3) is 3.78. The molecule has 1 rings (SSSR count). The van der Waals surface area contributed by atoms with E-state index in [9.17, 15) is 0 Å². The minimum absolute atomic E-state index is 0.717. The van der Waals surface area contributed by atoms with Gasteiger partial charge in [0.25, 0.3) is 0 Å². The number of nitrogens with zero attached hydrogens (tertiary/aromatic N) is 2. The molecule has 2 N–H and O–H groups in total. The lowest BCUT2D eigenvalue weighted by Crippen LogP contribution is -1.99. The number of aryl methyl sites for hydroxylation is 1. The second kappa shape index (κ2) is 5.99. The first kappa shape index (κ1) is 10.5. The summed E-state index contributed by atoms with van der Waals surface area (Å²) in [6, 6.07) is 0. The SMILES string of the molecule is CCc1nc(CSCCCN)no1. The van der Waals surface area contributed by atoms with Crippen molar-refractivity contribution < 1.29 is 4.52 Å². The Morgan fingerprint density at radius 3 is 3.00 bits per heavy atom.